The van der Waals surface area contributed by atoms with Crippen molar-refractivity contribution in [1.29, 1.82) is 0 Å². The summed E-state index contributed by atoms with van der Waals surface area (Å²) in [5, 5.41) is 5.67. The number of nitrogens with zero attached hydrogens (tertiary/aromatic N) is 1. The van der Waals surface area contributed by atoms with Crippen LogP contribution in [0.4, 0.5) is 4.79 Å². The lowest BCUT2D eigenvalue weighted by Crippen LogP contribution is -2.49. The topological polar surface area (TPSA) is 70.7 Å². The minimum absolute atomic E-state index is 0.159. The Hall–Kier alpha value is -2.86. The molecule has 1 unspecified atom stereocenters. The lowest BCUT2D eigenvalue weighted by molar-refractivity contribution is -0.123. The number of benzene rings is 2. The number of alkyl carbamates (subject to hydrolysis) is 1. The van der Waals surface area contributed by atoms with Crippen LogP contribution in [0.1, 0.15) is 31.9 Å². The Kier molecular flexibility index (Phi) is 9.87. The van der Waals surface area contributed by atoms with Gasteiger partial charge in [0, 0.05) is 25.6 Å². The SMILES string of the molecule is CCN(CCNC(=O)C(Cc1ccccc1)NC(=O)OCc1ccccc1)C(C)C. The molecule has 0 saturated heterocycles. The molecule has 0 aliphatic carbocycles. The third-order valence-corrected chi connectivity index (χ3v) is 4.94. The summed E-state index contributed by atoms with van der Waals surface area (Å²) in [4.78, 5) is 27.4. The number of carbonyl (C=O) groups excluding carboxylic acids is 2. The third kappa shape index (κ3) is 8.25. The normalized spacial score (nSPS) is 11.9. The molecule has 6 nitrogen and oxygen atoms in total. The first-order valence-corrected chi connectivity index (χ1v) is 10.5. The summed E-state index contributed by atoms with van der Waals surface area (Å²) in [6.45, 7) is 8.73. The van der Waals surface area contributed by atoms with E-state index in [1.807, 2.05) is 60.7 Å². The Labute approximate surface area is 179 Å². The van der Waals surface area contributed by atoms with Crippen LogP contribution in [0.3, 0.4) is 0 Å². The number of carbonyl (C=O) groups is 2. The van der Waals surface area contributed by atoms with E-state index in [1.165, 1.54) is 0 Å². The molecule has 0 aliphatic rings. The van der Waals surface area contributed by atoms with Crippen molar-refractivity contribution in [3.63, 3.8) is 0 Å². The van der Waals surface area contributed by atoms with Crippen molar-refractivity contribution in [1.82, 2.24) is 15.5 Å². The Morgan fingerprint density at radius 2 is 1.57 bits per heavy atom. The molecule has 162 valence electrons. The minimum Gasteiger partial charge on any atom is -0.445 e. The fourth-order valence-electron chi connectivity index (χ4n) is 3.19. The van der Waals surface area contributed by atoms with Gasteiger partial charge < -0.3 is 15.4 Å². The molecule has 0 spiro atoms. The van der Waals surface area contributed by atoms with Crippen LogP contribution in [0.5, 0.6) is 0 Å². The average molecular weight is 412 g/mol. The lowest BCUT2D eigenvalue weighted by atomic mass is 10.1. The molecule has 0 aliphatic heterocycles. The predicted octanol–water partition coefficient (Wildman–Crippen LogP) is 3.37. The number of nitrogens with one attached hydrogen (secondary N) is 2. The lowest BCUT2D eigenvalue weighted by Gasteiger charge is -2.25. The van der Waals surface area contributed by atoms with E-state index >= 15 is 0 Å². The molecule has 6 heteroatoms. The van der Waals surface area contributed by atoms with E-state index in [0.29, 0.717) is 19.0 Å². The zero-order chi connectivity index (χ0) is 21.8. The first-order chi connectivity index (χ1) is 14.5. The van der Waals surface area contributed by atoms with Crippen LogP contribution in [-0.2, 0) is 22.6 Å². The maximum absolute atomic E-state index is 12.8. The number of hydrogen-bond donors (Lipinski definition) is 2. The van der Waals surface area contributed by atoms with Gasteiger partial charge in [0.15, 0.2) is 0 Å². The van der Waals surface area contributed by atoms with Crippen LogP contribution in [0.2, 0.25) is 0 Å². The van der Waals surface area contributed by atoms with Crippen molar-refractivity contribution in [2.45, 2.75) is 45.9 Å². The highest BCUT2D eigenvalue weighted by atomic mass is 16.5. The van der Waals surface area contributed by atoms with Gasteiger partial charge in [0.2, 0.25) is 5.91 Å². The monoisotopic (exact) mass is 411 g/mol. The van der Waals surface area contributed by atoms with Crippen LogP contribution >= 0.6 is 0 Å². The van der Waals surface area contributed by atoms with Gasteiger partial charge in [-0.05, 0) is 31.5 Å². The second-order valence-electron chi connectivity index (χ2n) is 7.46. The number of ether oxygens (including phenoxy) is 1. The summed E-state index contributed by atoms with van der Waals surface area (Å²) in [7, 11) is 0. The highest BCUT2D eigenvalue weighted by Gasteiger charge is 2.22. The van der Waals surface area contributed by atoms with Crippen molar-refractivity contribution in [3.8, 4) is 0 Å². The molecule has 2 N–H and O–H groups in total. The zero-order valence-corrected chi connectivity index (χ0v) is 18.1. The maximum Gasteiger partial charge on any atom is 0.408 e. The van der Waals surface area contributed by atoms with Gasteiger partial charge in [-0.15, -0.1) is 0 Å². The predicted molar refractivity (Wildman–Crippen MR) is 119 cm³/mol. The Morgan fingerprint density at radius 1 is 0.967 bits per heavy atom. The Bertz CT molecular complexity index is 766. The van der Waals surface area contributed by atoms with Crippen LogP contribution in [-0.4, -0.2) is 48.6 Å². The van der Waals surface area contributed by atoms with E-state index < -0.39 is 12.1 Å². The summed E-state index contributed by atoms with van der Waals surface area (Å²) < 4.78 is 5.30. The highest BCUT2D eigenvalue weighted by Crippen LogP contribution is 2.05. The molecule has 2 amide bonds. The van der Waals surface area contributed by atoms with Crippen molar-refractivity contribution in [3.05, 3.63) is 71.8 Å². The molecule has 2 aromatic rings. The molecular weight excluding hydrogens is 378 g/mol. The van der Waals surface area contributed by atoms with E-state index in [2.05, 4.69) is 36.3 Å². The van der Waals surface area contributed by atoms with E-state index in [4.69, 9.17) is 4.74 Å². The van der Waals surface area contributed by atoms with Crippen molar-refractivity contribution < 1.29 is 14.3 Å². The molecule has 0 fully saturated rings. The molecule has 1 atom stereocenters. The quantitative estimate of drug-likeness (QED) is 0.595. The first-order valence-electron chi connectivity index (χ1n) is 10.5. The molecule has 30 heavy (non-hydrogen) atoms. The minimum atomic E-state index is -0.704. The average Bonchev–Trinajstić information content (AvgIpc) is 2.76. The Morgan fingerprint density at radius 3 is 2.13 bits per heavy atom. The van der Waals surface area contributed by atoms with Crippen LogP contribution in [0, 0.1) is 0 Å². The number of amides is 2. The molecule has 0 radical (unpaired) electrons. The fourth-order valence-corrected chi connectivity index (χ4v) is 3.19. The van der Waals surface area contributed by atoms with Gasteiger partial charge in [-0.2, -0.15) is 0 Å². The Balaban J connectivity index is 1.93. The second-order valence-corrected chi connectivity index (χ2v) is 7.46. The van der Waals surface area contributed by atoms with Gasteiger partial charge in [0.25, 0.3) is 0 Å². The van der Waals surface area contributed by atoms with Gasteiger partial charge in [-0.1, -0.05) is 67.6 Å². The summed E-state index contributed by atoms with van der Waals surface area (Å²) in [5.74, 6) is -0.213. The van der Waals surface area contributed by atoms with Gasteiger partial charge in [0.1, 0.15) is 12.6 Å². The second kappa shape index (κ2) is 12.6. The van der Waals surface area contributed by atoms with Gasteiger partial charge in [-0.25, -0.2) is 4.79 Å². The number of hydrogen-bond acceptors (Lipinski definition) is 4. The van der Waals surface area contributed by atoms with Crippen LogP contribution in [0.15, 0.2) is 60.7 Å². The van der Waals surface area contributed by atoms with Crippen LogP contribution in [0.25, 0.3) is 0 Å². The molecule has 2 aromatic carbocycles. The van der Waals surface area contributed by atoms with Crippen molar-refractivity contribution >= 4 is 12.0 Å². The highest BCUT2D eigenvalue weighted by molar-refractivity contribution is 5.85. The molecule has 0 aromatic heterocycles. The van der Waals surface area contributed by atoms with Gasteiger partial charge in [-0.3, -0.25) is 9.69 Å². The van der Waals surface area contributed by atoms with Gasteiger partial charge >= 0.3 is 6.09 Å². The summed E-state index contributed by atoms with van der Waals surface area (Å²) in [6, 6.07) is 18.8. The number of likely N-dealkylation sites (N-methyl/N-ethyl adjacent to an activating group) is 1. The van der Waals surface area contributed by atoms with E-state index in [9.17, 15) is 9.59 Å². The molecular formula is C24H33N3O3. The largest absolute Gasteiger partial charge is 0.445 e. The summed E-state index contributed by atoms with van der Waals surface area (Å²) in [6.07, 6.45) is -0.207. The standard InChI is InChI=1S/C24H33N3O3/c1-4-27(19(2)3)16-15-25-23(28)22(17-20-11-7-5-8-12-20)26-24(29)30-18-21-13-9-6-10-14-21/h5-14,19,22H,4,15-18H2,1-3H3,(H,25,28)(H,26,29). The summed E-state index contributed by atoms with van der Waals surface area (Å²) in [5.41, 5.74) is 1.86. The first kappa shape index (κ1) is 23.4. The third-order valence-electron chi connectivity index (χ3n) is 4.94. The van der Waals surface area contributed by atoms with E-state index in [1.54, 1.807) is 0 Å². The maximum atomic E-state index is 12.8. The molecule has 2 rings (SSSR count). The van der Waals surface area contributed by atoms with Crippen molar-refractivity contribution in [2.75, 3.05) is 19.6 Å². The van der Waals surface area contributed by atoms with Gasteiger partial charge in [0.05, 0.1) is 0 Å². The zero-order valence-electron chi connectivity index (χ0n) is 18.1. The fraction of sp³-hybridized carbons (Fsp3) is 0.417. The summed E-state index contributed by atoms with van der Waals surface area (Å²) >= 11 is 0. The molecule has 0 saturated carbocycles. The molecule has 0 bridgehead atoms. The van der Waals surface area contributed by atoms with Crippen molar-refractivity contribution in [2.24, 2.45) is 0 Å². The smallest absolute Gasteiger partial charge is 0.408 e. The number of rotatable bonds is 11. The van der Waals surface area contributed by atoms with E-state index in [0.717, 1.165) is 24.2 Å². The van der Waals surface area contributed by atoms with Crippen LogP contribution < -0.4 is 10.6 Å². The van der Waals surface area contributed by atoms with E-state index in [-0.39, 0.29) is 12.5 Å². The molecule has 0 heterocycles.